The summed E-state index contributed by atoms with van der Waals surface area (Å²) in [6.45, 7) is 3.05. The minimum absolute atomic E-state index is 0.432. The molecule has 0 aliphatic rings. The fourth-order valence-electron chi connectivity index (χ4n) is 2.39. The highest BCUT2D eigenvalue weighted by atomic mass is 16.5. The van der Waals surface area contributed by atoms with E-state index in [1.807, 2.05) is 25.1 Å². The maximum absolute atomic E-state index is 9.15. The molecule has 2 aromatic rings. The Kier molecular flexibility index (Phi) is 6.84. The molecule has 0 aliphatic heterocycles. The second-order valence-electron chi connectivity index (χ2n) is 5.20. The molecule has 0 radical (unpaired) electrons. The van der Waals surface area contributed by atoms with Crippen LogP contribution in [-0.4, -0.2) is 37.0 Å². The van der Waals surface area contributed by atoms with Crippen molar-refractivity contribution in [3.05, 3.63) is 35.5 Å². The topological polar surface area (TPSA) is 81.7 Å². The first-order valence-electron chi connectivity index (χ1n) is 8.04. The highest BCUT2D eigenvalue weighted by Gasteiger charge is 2.10. The molecule has 2 rings (SSSR count). The molecule has 1 aromatic heterocycles. The third-order valence-corrected chi connectivity index (χ3v) is 3.63. The van der Waals surface area contributed by atoms with E-state index in [1.54, 1.807) is 18.9 Å². The summed E-state index contributed by atoms with van der Waals surface area (Å²) in [5.74, 6) is 1.95. The Bertz CT molecular complexity index is 762. The molecular weight excluding hydrogens is 320 g/mol. The first-order valence-corrected chi connectivity index (χ1v) is 8.04. The van der Waals surface area contributed by atoms with Gasteiger partial charge in [-0.2, -0.15) is 15.4 Å². The summed E-state index contributed by atoms with van der Waals surface area (Å²) in [5.41, 5.74) is 1.58. The van der Waals surface area contributed by atoms with Gasteiger partial charge in [-0.25, -0.2) is 4.68 Å². The van der Waals surface area contributed by atoms with E-state index in [2.05, 4.69) is 16.2 Å². The van der Waals surface area contributed by atoms with Crippen molar-refractivity contribution in [3.8, 4) is 17.6 Å². The van der Waals surface area contributed by atoms with Gasteiger partial charge in [0.2, 0.25) is 0 Å². The fraction of sp³-hybridized carbons (Fsp3) is 0.389. The summed E-state index contributed by atoms with van der Waals surface area (Å²) in [6.07, 6.45) is 4.56. The molecule has 0 spiro atoms. The number of nitriles is 1. The fourth-order valence-corrected chi connectivity index (χ4v) is 2.39. The van der Waals surface area contributed by atoms with Crippen molar-refractivity contribution in [2.24, 2.45) is 4.99 Å². The number of methoxy groups -OCH3 is 2. The maximum atomic E-state index is 9.15. The van der Waals surface area contributed by atoms with Crippen molar-refractivity contribution in [3.63, 3.8) is 0 Å². The Morgan fingerprint density at radius 2 is 2.08 bits per heavy atom. The average molecular weight is 342 g/mol. The van der Waals surface area contributed by atoms with Gasteiger partial charge in [-0.05, 0) is 37.5 Å². The van der Waals surface area contributed by atoms with Gasteiger partial charge >= 0.3 is 0 Å². The van der Waals surface area contributed by atoms with E-state index in [4.69, 9.17) is 19.5 Å². The average Bonchev–Trinajstić information content (AvgIpc) is 3.03. The lowest BCUT2D eigenvalue weighted by Crippen LogP contribution is -2.02. The Morgan fingerprint density at radius 1 is 1.28 bits per heavy atom. The van der Waals surface area contributed by atoms with Crippen LogP contribution in [0, 0.1) is 11.3 Å². The Hall–Kier alpha value is -3.01. The van der Waals surface area contributed by atoms with Crippen molar-refractivity contribution >= 4 is 12.2 Å². The van der Waals surface area contributed by atoms with Gasteiger partial charge in [0.05, 0.1) is 27.0 Å². The van der Waals surface area contributed by atoms with Gasteiger partial charge in [0.1, 0.15) is 11.6 Å². The van der Waals surface area contributed by atoms with Crippen LogP contribution in [0.2, 0.25) is 0 Å². The van der Waals surface area contributed by atoms with Crippen molar-refractivity contribution in [1.82, 2.24) is 9.78 Å². The highest BCUT2D eigenvalue weighted by Crippen LogP contribution is 2.28. The van der Waals surface area contributed by atoms with Gasteiger partial charge in [0, 0.05) is 6.54 Å². The monoisotopic (exact) mass is 342 g/mol. The zero-order chi connectivity index (χ0) is 18.1. The minimum Gasteiger partial charge on any atom is -0.493 e. The second kappa shape index (κ2) is 9.33. The van der Waals surface area contributed by atoms with Gasteiger partial charge in [-0.3, -0.25) is 0 Å². The molecule has 0 N–H and O–H groups in total. The molecule has 0 bridgehead atoms. The van der Waals surface area contributed by atoms with Crippen LogP contribution in [0.25, 0.3) is 0 Å². The molecule has 0 saturated heterocycles. The van der Waals surface area contributed by atoms with E-state index in [0.717, 1.165) is 18.4 Å². The summed E-state index contributed by atoms with van der Waals surface area (Å²) in [5, 5.41) is 13.4. The van der Waals surface area contributed by atoms with Crippen LogP contribution in [-0.2, 0) is 17.7 Å². The van der Waals surface area contributed by atoms with Crippen LogP contribution in [0.4, 0.5) is 5.82 Å². The standard InChI is InChI=1S/C18H22N4O3/c1-4-25-13-20-18-15(11-19)12-21-22(18)9-5-6-14-7-8-16(23-2)17(10-14)24-3/h7-8,10,12-13H,4-6,9H2,1-3H3/b20-13+. The number of nitrogens with zero attached hydrogens (tertiary/aromatic N) is 4. The number of aromatic nitrogens is 2. The van der Waals surface area contributed by atoms with Crippen LogP contribution in [0.3, 0.4) is 0 Å². The van der Waals surface area contributed by atoms with Crippen LogP contribution in [0.15, 0.2) is 29.4 Å². The van der Waals surface area contributed by atoms with Crippen molar-refractivity contribution in [1.29, 1.82) is 5.26 Å². The van der Waals surface area contributed by atoms with Crippen molar-refractivity contribution in [2.45, 2.75) is 26.3 Å². The number of aliphatic imine (C=N–C) groups is 1. The summed E-state index contributed by atoms with van der Waals surface area (Å²) < 4.78 is 17.4. The SMILES string of the molecule is CCO/C=N/c1c(C#N)cnn1CCCc1ccc(OC)c(OC)c1. The maximum Gasteiger partial charge on any atom is 0.176 e. The van der Waals surface area contributed by atoms with E-state index in [9.17, 15) is 0 Å². The number of aryl methyl sites for hydroxylation is 2. The summed E-state index contributed by atoms with van der Waals surface area (Å²) in [4.78, 5) is 4.20. The molecule has 0 saturated carbocycles. The molecule has 7 heteroatoms. The highest BCUT2D eigenvalue weighted by molar-refractivity contribution is 5.58. The number of rotatable bonds is 9. The largest absolute Gasteiger partial charge is 0.493 e. The summed E-state index contributed by atoms with van der Waals surface area (Å²) >= 11 is 0. The Balaban J connectivity index is 2.02. The van der Waals surface area contributed by atoms with E-state index >= 15 is 0 Å². The van der Waals surface area contributed by atoms with Crippen LogP contribution in [0.5, 0.6) is 11.5 Å². The molecule has 7 nitrogen and oxygen atoms in total. The smallest absolute Gasteiger partial charge is 0.176 e. The lowest BCUT2D eigenvalue weighted by molar-refractivity contribution is 0.343. The normalized spacial score (nSPS) is 10.6. The molecule has 0 unspecified atom stereocenters. The molecule has 0 atom stereocenters. The summed E-state index contributed by atoms with van der Waals surface area (Å²) in [6, 6.07) is 7.97. The lowest BCUT2D eigenvalue weighted by Gasteiger charge is -2.10. The van der Waals surface area contributed by atoms with Crippen LogP contribution in [0.1, 0.15) is 24.5 Å². The zero-order valence-electron chi connectivity index (χ0n) is 14.7. The predicted molar refractivity (Wildman–Crippen MR) is 94.6 cm³/mol. The Labute approximate surface area is 147 Å². The molecule has 1 aromatic carbocycles. The molecule has 0 amide bonds. The zero-order valence-corrected chi connectivity index (χ0v) is 14.7. The van der Waals surface area contributed by atoms with Crippen LogP contribution < -0.4 is 9.47 Å². The minimum atomic E-state index is 0.432. The van der Waals surface area contributed by atoms with Gasteiger partial charge < -0.3 is 14.2 Å². The predicted octanol–water partition coefficient (Wildman–Crippen LogP) is 3.10. The molecule has 0 fully saturated rings. The number of benzene rings is 1. The van der Waals surface area contributed by atoms with Gasteiger partial charge in [-0.15, -0.1) is 0 Å². The molecule has 0 aliphatic carbocycles. The molecular formula is C18H22N4O3. The number of ether oxygens (including phenoxy) is 3. The van der Waals surface area contributed by atoms with Crippen LogP contribution >= 0.6 is 0 Å². The first kappa shape index (κ1) is 18.3. The first-order chi connectivity index (χ1) is 12.2. The Morgan fingerprint density at radius 3 is 2.76 bits per heavy atom. The van der Waals surface area contributed by atoms with Crippen molar-refractivity contribution in [2.75, 3.05) is 20.8 Å². The molecule has 1 heterocycles. The second-order valence-corrected chi connectivity index (χ2v) is 5.20. The summed E-state index contributed by atoms with van der Waals surface area (Å²) in [7, 11) is 3.24. The van der Waals surface area contributed by atoms with Gasteiger partial charge in [-0.1, -0.05) is 6.07 Å². The van der Waals surface area contributed by atoms with E-state index in [-0.39, 0.29) is 0 Å². The third-order valence-electron chi connectivity index (χ3n) is 3.63. The molecule has 25 heavy (non-hydrogen) atoms. The van der Waals surface area contributed by atoms with E-state index < -0.39 is 0 Å². The quantitative estimate of drug-likeness (QED) is 0.516. The van der Waals surface area contributed by atoms with E-state index in [0.29, 0.717) is 36.0 Å². The molecule has 132 valence electrons. The number of hydrogen-bond donors (Lipinski definition) is 0. The lowest BCUT2D eigenvalue weighted by atomic mass is 10.1. The third kappa shape index (κ3) is 4.73. The van der Waals surface area contributed by atoms with Gasteiger partial charge in [0.15, 0.2) is 23.7 Å². The van der Waals surface area contributed by atoms with E-state index in [1.165, 1.54) is 12.6 Å². The van der Waals surface area contributed by atoms with Crippen molar-refractivity contribution < 1.29 is 14.2 Å². The van der Waals surface area contributed by atoms with Gasteiger partial charge in [0.25, 0.3) is 0 Å². The number of hydrogen-bond acceptors (Lipinski definition) is 6.